The summed E-state index contributed by atoms with van der Waals surface area (Å²) in [7, 11) is 2.18. The molecule has 19 heavy (non-hydrogen) atoms. The van der Waals surface area contributed by atoms with Gasteiger partial charge in [0.1, 0.15) is 0 Å². The monoisotopic (exact) mass is 280 g/mol. The average molecular weight is 281 g/mol. The van der Waals surface area contributed by atoms with Crippen LogP contribution in [0.5, 0.6) is 0 Å². The number of hydrogen-bond donors (Lipinski definition) is 1. The van der Waals surface area contributed by atoms with Gasteiger partial charge in [0.25, 0.3) is 0 Å². The number of nitrogens with two attached hydrogens (primary N) is 1. The van der Waals surface area contributed by atoms with Crippen LogP contribution in [-0.2, 0) is 0 Å². The van der Waals surface area contributed by atoms with Crippen molar-refractivity contribution >= 4 is 11.6 Å². The first kappa shape index (κ1) is 14.8. The quantitative estimate of drug-likeness (QED) is 0.888. The van der Waals surface area contributed by atoms with Crippen LogP contribution in [0.4, 0.5) is 0 Å². The highest BCUT2D eigenvalue weighted by atomic mass is 35.5. The minimum absolute atomic E-state index is 0.232. The Kier molecular flexibility index (Phi) is 5.68. The van der Waals surface area contributed by atoms with E-state index in [4.69, 9.17) is 17.3 Å². The second-order valence-corrected chi connectivity index (χ2v) is 6.12. The van der Waals surface area contributed by atoms with E-state index < -0.39 is 0 Å². The summed E-state index contributed by atoms with van der Waals surface area (Å²) in [5.41, 5.74) is 7.14. The molecule has 1 fully saturated rings. The van der Waals surface area contributed by atoms with E-state index in [-0.39, 0.29) is 6.04 Å². The third-order valence-corrected chi connectivity index (χ3v) is 4.63. The summed E-state index contributed by atoms with van der Waals surface area (Å²) in [5.74, 6) is 0.829. The van der Waals surface area contributed by atoms with Crippen molar-refractivity contribution in [2.75, 3.05) is 20.1 Å². The zero-order valence-corrected chi connectivity index (χ0v) is 12.6. The average Bonchev–Trinajstić information content (AvgIpc) is 2.43. The lowest BCUT2D eigenvalue weighted by atomic mass is 9.88. The molecule has 0 aliphatic heterocycles. The van der Waals surface area contributed by atoms with E-state index in [0.717, 1.165) is 23.0 Å². The predicted octanol–water partition coefficient (Wildman–Crippen LogP) is 3.85. The van der Waals surface area contributed by atoms with Crippen LogP contribution < -0.4 is 5.73 Å². The number of benzene rings is 1. The molecule has 1 aliphatic carbocycles. The largest absolute Gasteiger partial charge is 0.329 e. The molecule has 1 unspecified atom stereocenters. The highest BCUT2D eigenvalue weighted by Gasteiger charge is 2.22. The normalized spacial score (nSPS) is 18.7. The third-order valence-electron chi connectivity index (χ3n) is 4.29. The molecule has 1 aromatic carbocycles. The van der Waals surface area contributed by atoms with Gasteiger partial charge in [-0.15, -0.1) is 0 Å². The Balaban J connectivity index is 2.02. The Morgan fingerprint density at radius 2 is 1.95 bits per heavy atom. The molecule has 2 N–H and O–H groups in total. The Labute approximate surface area is 121 Å². The highest BCUT2D eigenvalue weighted by Crippen LogP contribution is 2.29. The second-order valence-electron chi connectivity index (χ2n) is 5.72. The van der Waals surface area contributed by atoms with E-state index in [9.17, 15) is 0 Å². The molecule has 0 bridgehead atoms. The van der Waals surface area contributed by atoms with Gasteiger partial charge in [0.2, 0.25) is 0 Å². The number of likely N-dealkylation sites (N-methyl/N-ethyl adjacent to an activating group) is 1. The lowest BCUT2D eigenvalue weighted by Gasteiger charge is -2.32. The summed E-state index contributed by atoms with van der Waals surface area (Å²) in [6.07, 6.45) is 6.91. The lowest BCUT2D eigenvalue weighted by Crippen LogP contribution is -2.35. The second kappa shape index (κ2) is 7.28. The van der Waals surface area contributed by atoms with Gasteiger partial charge >= 0.3 is 0 Å². The van der Waals surface area contributed by atoms with Gasteiger partial charge in [-0.1, -0.05) is 49.1 Å². The predicted molar refractivity (Wildman–Crippen MR) is 82.5 cm³/mol. The van der Waals surface area contributed by atoms with E-state index >= 15 is 0 Å². The molecule has 0 radical (unpaired) electrons. The van der Waals surface area contributed by atoms with Gasteiger partial charge in [-0.05, 0) is 37.4 Å². The first-order valence-corrected chi connectivity index (χ1v) is 7.75. The summed E-state index contributed by atoms with van der Waals surface area (Å²) in [6.45, 7) is 1.75. The summed E-state index contributed by atoms with van der Waals surface area (Å²) < 4.78 is 0. The van der Waals surface area contributed by atoms with Gasteiger partial charge in [0.15, 0.2) is 0 Å². The zero-order chi connectivity index (χ0) is 13.7. The Morgan fingerprint density at radius 1 is 1.26 bits per heavy atom. The highest BCUT2D eigenvalue weighted by molar-refractivity contribution is 6.31. The van der Waals surface area contributed by atoms with E-state index in [2.05, 4.69) is 18.0 Å². The maximum absolute atomic E-state index is 6.30. The Morgan fingerprint density at radius 3 is 2.58 bits per heavy atom. The number of hydrogen-bond acceptors (Lipinski definition) is 2. The van der Waals surface area contributed by atoms with Crippen LogP contribution in [0.15, 0.2) is 24.3 Å². The molecule has 0 aromatic heterocycles. The SMILES string of the molecule is CN(CC1CCCCC1)C(CN)c1ccccc1Cl. The minimum atomic E-state index is 0.232. The minimum Gasteiger partial charge on any atom is -0.329 e. The first-order chi connectivity index (χ1) is 9.22. The molecule has 1 saturated carbocycles. The van der Waals surface area contributed by atoms with Gasteiger partial charge in [-0.25, -0.2) is 0 Å². The fourth-order valence-corrected chi connectivity index (χ4v) is 3.46. The van der Waals surface area contributed by atoms with Crippen molar-refractivity contribution in [3.05, 3.63) is 34.9 Å². The van der Waals surface area contributed by atoms with Crippen LogP contribution >= 0.6 is 11.6 Å². The van der Waals surface area contributed by atoms with Crippen LogP contribution in [0, 0.1) is 5.92 Å². The fraction of sp³-hybridized carbons (Fsp3) is 0.625. The Bertz CT molecular complexity index is 388. The molecular formula is C16H25ClN2. The van der Waals surface area contributed by atoms with Crippen LogP contribution in [0.1, 0.15) is 43.7 Å². The van der Waals surface area contributed by atoms with Gasteiger partial charge in [-0.3, -0.25) is 4.90 Å². The zero-order valence-electron chi connectivity index (χ0n) is 11.8. The number of rotatable bonds is 5. The van der Waals surface area contributed by atoms with Crippen LogP contribution in [0.3, 0.4) is 0 Å². The van der Waals surface area contributed by atoms with Crippen molar-refractivity contribution in [2.24, 2.45) is 11.7 Å². The summed E-state index contributed by atoms with van der Waals surface area (Å²) >= 11 is 6.30. The summed E-state index contributed by atoms with van der Waals surface area (Å²) in [5, 5.41) is 0.827. The van der Waals surface area contributed by atoms with Crippen molar-refractivity contribution in [3.63, 3.8) is 0 Å². The van der Waals surface area contributed by atoms with E-state index in [1.165, 1.54) is 32.1 Å². The molecule has 1 atom stereocenters. The van der Waals surface area contributed by atoms with Crippen molar-refractivity contribution in [1.82, 2.24) is 4.90 Å². The van der Waals surface area contributed by atoms with Crippen LogP contribution in [0.25, 0.3) is 0 Å². The molecule has 0 spiro atoms. The standard InChI is InChI=1S/C16H25ClN2/c1-19(12-13-7-3-2-4-8-13)16(11-18)14-9-5-6-10-15(14)17/h5-6,9-10,13,16H,2-4,7-8,11-12,18H2,1H3. The van der Waals surface area contributed by atoms with Gasteiger partial charge in [-0.2, -0.15) is 0 Å². The molecule has 0 heterocycles. The van der Waals surface area contributed by atoms with Gasteiger partial charge < -0.3 is 5.73 Å². The van der Waals surface area contributed by atoms with Crippen molar-refractivity contribution in [1.29, 1.82) is 0 Å². The molecule has 0 amide bonds. The summed E-state index contributed by atoms with van der Waals surface area (Å²) in [6, 6.07) is 8.29. The van der Waals surface area contributed by atoms with Crippen LogP contribution in [-0.4, -0.2) is 25.0 Å². The number of nitrogens with zero attached hydrogens (tertiary/aromatic N) is 1. The molecule has 2 rings (SSSR count). The first-order valence-electron chi connectivity index (χ1n) is 7.37. The van der Waals surface area contributed by atoms with E-state index in [1.54, 1.807) is 0 Å². The van der Waals surface area contributed by atoms with E-state index in [1.807, 2.05) is 18.2 Å². The van der Waals surface area contributed by atoms with Crippen molar-refractivity contribution in [2.45, 2.75) is 38.1 Å². The molecule has 2 nitrogen and oxygen atoms in total. The van der Waals surface area contributed by atoms with Crippen molar-refractivity contribution < 1.29 is 0 Å². The topological polar surface area (TPSA) is 29.3 Å². The number of halogens is 1. The third kappa shape index (κ3) is 3.95. The molecule has 3 heteroatoms. The summed E-state index contributed by atoms with van der Waals surface area (Å²) in [4.78, 5) is 2.39. The molecular weight excluding hydrogens is 256 g/mol. The van der Waals surface area contributed by atoms with Gasteiger partial charge in [0, 0.05) is 24.2 Å². The van der Waals surface area contributed by atoms with E-state index in [0.29, 0.717) is 6.54 Å². The molecule has 1 aliphatic rings. The Hall–Kier alpha value is -0.570. The molecule has 1 aromatic rings. The molecule has 0 saturated heterocycles. The maximum Gasteiger partial charge on any atom is 0.0482 e. The smallest absolute Gasteiger partial charge is 0.0482 e. The van der Waals surface area contributed by atoms with Crippen molar-refractivity contribution in [3.8, 4) is 0 Å². The van der Waals surface area contributed by atoms with Crippen LogP contribution in [0.2, 0.25) is 5.02 Å². The fourth-order valence-electron chi connectivity index (χ4n) is 3.19. The molecule has 106 valence electrons. The lowest BCUT2D eigenvalue weighted by molar-refractivity contribution is 0.186. The maximum atomic E-state index is 6.30. The van der Waals surface area contributed by atoms with Gasteiger partial charge in [0.05, 0.1) is 0 Å².